The van der Waals surface area contributed by atoms with E-state index in [0.717, 1.165) is 15.9 Å². The molecule has 0 aliphatic heterocycles. The minimum absolute atomic E-state index is 0.134. The third-order valence-electron chi connectivity index (χ3n) is 4.09. The van der Waals surface area contributed by atoms with Crippen molar-refractivity contribution in [2.75, 3.05) is 11.5 Å². The predicted octanol–water partition coefficient (Wildman–Crippen LogP) is 5.61. The maximum absolute atomic E-state index is 13.0. The highest BCUT2D eigenvalue weighted by Gasteiger charge is 2.21. The van der Waals surface area contributed by atoms with Crippen LogP contribution in [0.1, 0.15) is 5.69 Å². The summed E-state index contributed by atoms with van der Waals surface area (Å²) >= 11 is 13.4. The Morgan fingerprint density at radius 1 is 1.03 bits per heavy atom. The van der Waals surface area contributed by atoms with Gasteiger partial charge in [-0.1, -0.05) is 40.6 Å². The van der Waals surface area contributed by atoms with Crippen LogP contribution in [0.25, 0.3) is 10.2 Å². The Morgan fingerprint density at radius 2 is 1.83 bits per heavy atom. The van der Waals surface area contributed by atoms with Gasteiger partial charge in [-0.3, -0.25) is 14.7 Å². The molecule has 2 aromatic heterocycles. The number of rotatable bonds is 6. The summed E-state index contributed by atoms with van der Waals surface area (Å²) in [5, 5.41) is 1.80. The standard InChI is InChI=1S/C21H15Cl2N3O2S/c22-14-4-7-17(8-5-14)28-13-20(27)26(12-16-3-1-2-10-24-16)21-25-18-9-6-15(23)11-19(18)29-21/h1-11H,12-13H2. The number of pyridine rings is 1. The summed E-state index contributed by atoms with van der Waals surface area (Å²) in [4.78, 5) is 23.5. The summed E-state index contributed by atoms with van der Waals surface area (Å²) in [5.74, 6) is 0.340. The highest BCUT2D eigenvalue weighted by Crippen LogP contribution is 2.31. The number of carbonyl (C=O) groups is 1. The highest BCUT2D eigenvalue weighted by atomic mass is 35.5. The predicted molar refractivity (Wildman–Crippen MR) is 117 cm³/mol. The lowest BCUT2D eigenvalue weighted by atomic mass is 10.3. The molecule has 2 aromatic carbocycles. The van der Waals surface area contributed by atoms with Crippen molar-refractivity contribution in [1.82, 2.24) is 9.97 Å². The van der Waals surface area contributed by atoms with E-state index in [2.05, 4.69) is 9.97 Å². The van der Waals surface area contributed by atoms with Crippen molar-refractivity contribution in [2.24, 2.45) is 0 Å². The van der Waals surface area contributed by atoms with Gasteiger partial charge in [-0.05, 0) is 54.6 Å². The molecule has 0 unspecified atom stereocenters. The monoisotopic (exact) mass is 443 g/mol. The van der Waals surface area contributed by atoms with Gasteiger partial charge < -0.3 is 4.74 Å². The molecule has 5 nitrogen and oxygen atoms in total. The molecule has 0 N–H and O–H groups in total. The number of thiazole rings is 1. The first-order valence-electron chi connectivity index (χ1n) is 8.73. The number of nitrogens with zero attached hydrogens (tertiary/aromatic N) is 3. The lowest BCUT2D eigenvalue weighted by Crippen LogP contribution is -2.34. The van der Waals surface area contributed by atoms with Gasteiger partial charge in [0, 0.05) is 16.2 Å². The maximum Gasteiger partial charge on any atom is 0.267 e. The third-order valence-corrected chi connectivity index (χ3v) is 5.62. The maximum atomic E-state index is 13.0. The zero-order valence-electron chi connectivity index (χ0n) is 15.1. The van der Waals surface area contributed by atoms with Crippen LogP contribution in [0.2, 0.25) is 10.0 Å². The summed E-state index contributed by atoms with van der Waals surface area (Å²) in [7, 11) is 0. The molecule has 0 radical (unpaired) electrons. The van der Waals surface area contributed by atoms with E-state index >= 15 is 0 Å². The van der Waals surface area contributed by atoms with Crippen molar-refractivity contribution in [3.63, 3.8) is 0 Å². The van der Waals surface area contributed by atoms with Crippen LogP contribution < -0.4 is 9.64 Å². The summed E-state index contributed by atoms with van der Waals surface area (Å²) in [6.07, 6.45) is 1.69. The van der Waals surface area contributed by atoms with Crippen LogP contribution in [0, 0.1) is 0 Å². The van der Waals surface area contributed by atoms with Crippen LogP contribution in [-0.4, -0.2) is 22.5 Å². The van der Waals surface area contributed by atoms with Gasteiger partial charge in [-0.15, -0.1) is 0 Å². The molecule has 4 aromatic rings. The molecule has 0 spiro atoms. The van der Waals surface area contributed by atoms with Crippen molar-refractivity contribution >= 4 is 55.8 Å². The summed E-state index contributed by atoms with van der Waals surface area (Å²) in [5.41, 5.74) is 1.54. The average Bonchev–Trinajstić information content (AvgIpc) is 3.15. The zero-order chi connectivity index (χ0) is 20.2. The molecule has 8 heteroatoms. The minimum Gasteiger partial charge on any atom is -0.484 e. The van der Waals surface area contributed by atoms with Gasteiger partial charge in [-0.2, -0.15) is 0 Å². The summed E-state index contributed by atoms with van der Waals surface area (Å²) < 4.78 is 6.55. The van der Waals surface area contributed by atoms with Gasteiger partial charge in [0.05, 0.1) is 22.5 Å². The van der Waals surface area contributed by atoms with Crippen LogP contribution in [0.3, 0.4) is 0 Å². The molecule has 1 amide bonds. The quantitative estimate of drug-likeness (QED) is 0.388. The number of aromatic nitrogens is 2. The molecular formula is C21H15Cl2N3O2S. The Morgan fingerprint density at radius 3 is 2.59 bits per heavy atom. The van der Waals surface area contributed by atoms with Crippen LogP contribution >= 0.6 is 34.5 Å². The molecule has 0 fully saturated rings. The second-order valence-corrected chi connectivity index (χ2v) is 8.03. The normalized spacial score (nSPS) is 10.8. The number of carbonyl (C=O) groups excluding carboxylic acids is 1. The first-order chi connectivity index (χ1) is 14.1. The molecule has 29 heavy (non-hydrogen) atoms. The second kappa shape index (κ2) is 8.78. The topological polar surface area (TPSA) is 55.3 Å². The number of halogens is 2. The van der Waals surface area contributed by atoms with Crippen LogP contribution in [0.4, 0.5) is 5.13 Å². The Bertz CT molecular complexity index is 1130. The number of benzene rings is 2. The lowest BCUT2D eigenvalue weighted by molar-refractivity contribution is -0.120. The summed E-state index contributed by atoms with van der Waals surface area (Å²) in [6.45, 7) is 0.155. The van der Waals surface area contributed by atoms with Gasteiger partial charge in [0.1, 0.15) is 5.75 Å². The van der Waals surface area contributed by atoms with E-state index in [1.54, 1.807) is 41.4 Å². The van der Waals surface area contributed by atoms with Crippen LogP contribution in [0.5, 0.6) is 5.75 Å². The van der Waals surface area contributed by atoms with Crippen LogP contribution in [0.15, 0.2) is 66.9 Å². The summed E-state index contributed by atoms with van der Waals surface area (Å²) in [6, 6.07) is 17.9. The Hall–Kier alpha value is -2.67. The first-order valence-corrected chi connectivity index (χ1v) is 10.3. The Labute approximate surface area is 181 Å². The Kier molecular flexibility index (Phi) is 5.94. The molecule has 0 aliphatic carbocycles. The molecule has 2 heterocycles. The van der Waals surface area contributed by atoms with E-state index in [-0.39, 0.29) is 19.1 Å². The number of anilines is 1. The van der Waals surface area contributed by atoms with Gasteiger partial charge in [0.2, 0.25) is 0 Å². The van der Waals surface area contributed by atoms with E-state index in [1.807, 2.05) is 30.3 Å². The first kappa shape index (κ1) is 19.6. The largest absolute Gasteiger partial charge is 0.484 e. The van der Waals surface area contributed by atoms with Gasteiger partial charge in [0.15, 0.2) is 11.7 Å². The smallest absolute Gasteiger partial charge is 0.267 e. The average molecular weight is 444 g/mol. The molecule has 0 aliphatic rings. The molecule has 0 bridgehead atoms. The lowest BCUT2D eigenvalue weighted by Gasteiger charge is -2.19. The molecular weight excluding hydrogens is 429 g/mol. The zero-order valence-corrected chi connectivity index (χ0v) is 17.4. The minimum atomic E-state index is -0.226. The molecule has 0 saturated carbocycles. The van der Waals surface area contributed by atoms with Crippen molar-refractivity contribution in [3.8, 4) is 5.75 Å². The fourth-order valence-corrected chi connectivity index (χ4v) is 4.06. The van der Waals surface area contributed by atoms with Crippen molar-refractivity contribution in [3.05, 3.63) is 82.6 Å². The van der Waals surface area contributed by atoms with E-state index in [1.165, 1.54) is 11.3 Å². The van der Waals surface area contributed by atoms with E-state index in [4.69, 9.17) is 27.9 Å². The fourth-order valence-electron chi connectivity index (χ4n) is 2.67. The number of hydrogen-bond acceptors (Lipinski definition) is 5. The highest BCUT2D eigenvalue weighted by molar-refractivity contribution is 7.22. The number of hydrogen-bond donors (Lipinski definition) is 0. The number of amides is 1. The molecule has 4 rings (SSSR count). The van der Waals surface area contributed by atoms with E-state index in [9.17, 15) is 4.79 Å². The Balaban J connectivity index is 1.59. The van der Waals surface area contributed by atoms with Gasteiger partial charge >= 0.3 is 0 Å². The molecule has 146 valence electrons. The van der Waals surface area contributed by atoms with E-state index in [0.29, 0.717) is 20.9 Å². The van der Waals surface area contributed by atoms with Crippen molar-refractivity contribution < 1.29 is 9.53 Å². The van der Waals surface area contributed by atoms with Crippen molar-refractivity contribution in [1.29, 1.82) is 0 Å². The number of ether oxygens (including phenoxy) is 1. The van der Waals surface area contributed by atoms with Gasteiger partial charge in [0.25, 0.3) is 5.91 Å². The van der Waals surface area contributed by atoms with E-state index < -0.39 is 0 Å². The van der Waals surface area contributed by atoms with Crippen LogP contribution in [-0.2, 0) is 11.3 Å². The second-order valence-electron chi connectivity index (χ2n) is 6.15. The SMILES string of the molecule is O=C(COc1ccc(Cl)cc1)N(Cc1ccccn1)c1nc2ccc(Cl)cc2s1. The molecule has 0 saturated heterocycles. The van der Waals surface area contributed by atoms with Gasteiger partial charge in [-0.25, -0.2) is 4.98 Å². The van der Waals surface area contributed by atoms with Crippen molar-refractivity contribution in [2.45, 2.75) is 6.54 Å². The fraction of sp³-hybridized carbons (Fsp3) is 0.0952. The number of fused-ring (bicyclic) bond motifs is 1. The third kappa shape index (κ3) is 4.85. The molecule has 0 atom stereocenters.